The van der Waals surface area contributed by atoms with Crippen molar-refractivity contribution < 1.29 is 9.53 Å². The van der Waals surface area contributed by atoms with Crippen LogP contribution < -0.4 is 16.0 Å². The molecule has 3 N–H and O–H groups in total. The van der Waals surface area contributed by atoms with Gasteiger partial charge in [0, 0.05) is 74.4 Å². The lowest BCUT2D eigenvalue weighted by Gasteiger charge is -2.43. The van der Waals surface area contributed by atoms with E-state index in [1.165, 1.54) is 6.08 Å². The van der Waals surface area contributed by atoms with Crippen LogP contribution in [0.15, 0.2) is 79.3 Å². The quantitative estimate of drug-likeness (QED) is 0.440. The summed E-state index contributed by atoms with van der Waals surface area (Å²) in [6, 6.07) is 9.42. The van der Waals surface area contributed by atoms with Gasteiger partial charge in [-0.2, -0.15) is 0 Å². The Labute approximate surface area is 210 Å². The van der Waals surface area contributed by atoms with Crippen LogP contribution in [0.1, 0.15) is 6.42 Å². The first-order valence-corrected chi connectivity index (χ1v) is 11.9. The molecule has 0 bridgehead atoms. The van der Waals surface area contributed by atoms with Gasteiger partial charge in [-0.05, 0) is 30.4 Å². The van der Waals surface area contributed by atoms with Crippen molar-refractivity contribution in [2.45, 2.75) is 12.1 Å². The number of allylic oxidation sites excluding steroid dienone is 1. The molecule has 1 fully saturated rings. The highest BCUT2D eigenvalue weighted by molar-refractivity contribution is 5.99. The van der Waals surface area contributed by atoms with E-state index in [1.807, 2.05) is 30.3 Å². The Morgan fingerprint density at radius 2 is 2.11 bits per heavy atom. The fraction of sp³-hybridized carbons (Fsp3) is 0.259. The van der Waals surface area contributed by atoms with E-state index < -0.39 is 5.72 Å². The van der Waals surface area contributed by atoms with Gasteiger partial charge in [0.2, 0.25) is 11.9 Å². The molecule has 184 valence electrons. The third-order valence-corrected chi connectivity index (χ3v) is 6.50. The summed E-state index contributed by atoms with van der Waals surface area (Å²) in [4.78, 5) is 27.9. The van der Waals surface area contributed by atoms with Crippen LogP contribution in [0.4, 0.5) is 11.6 Å². The van der Waals surface area contributed by atoms with E-state index in [0.29, 0.717) is 17.3 Å². The number of anilines is 2. The van der Waals surface area contributed by atoms with Crippen LogP contribution in [-0.2, 0) is 9.53 Å². The second kappa shape index (κ2) is 10.4. The number of amides is 1. The van der Waals surface area contributed by atoms with Gasteiger partial charge in [-0.25, -0.2) is 9.97 Å². The van der Waals surface area contributed by atoms with Crippen LogP contribution in [0.3, 0.4) is 0 Å². The van der Waals surface area contributed by atoms with E-state index in [4.69, 9.17) is 9.72 Å². The molecule has 0 radical (unpaired) electrons. The van der Waals surface area contributed by atoms with Crippen LogP contribution in [0.2, 0.25) is 0 Å². The summed E-state index contributed by atoms with van der Waals surface area (Å²) < 4.78 is 5.95. The molecular formula is C27H29N7O2. The first-order chi connectivity index (χ1) is 17.6. The largest absolute Gasteiger partial charge is 0.360 e. The number of ether oxygens (including phenoxy) is 1. The van der Waals surface area contributed by atoms with Crippen LogP contribution in [0.25, 0.3) is 22.2 Å². The molecule has 36 heavy (non-hydrogen) atoms. The smallest absolute Gasteiger partial charge is 0.247 e. The van der Waals surface area contributed by atoms with Crippen molar-refractivity contribution in [1.29, 1.82) is 0 Å². The van der Waals surface area contributed by atoms with Gasteiger partial charge in [0.25, 0.3) is 0 Å². The lowest BCUT2D eigenvalue weighted by atomic mass is 9.99. The maximum atomic E-state index is 11.7. The van der Waals surface area contributed by atoms with Crippen molar-refractivity contribution >= 4 is 28.4 Å². The number of fused-ring (bicyclic) bond motifs is 1. The molecule has 5 rings (SSSR count). The van der Waals surface area contributed by atoms with Crippen LogP contribution >= 0.6 is 0 Å². The van der Waals surface area contributed by atoms with Gasteiger partial charge in [0.15, 0.2) is 0 Å². The van der Waals surface area contributed by atoms with Crippen molar-refractivity contribution in [3.8, 4) is 11.3 Å². The molecule has 1 unspecified atom stereocenters. The molecule has 3 heterocycles. The van der Waals surface area contributed by atoms with E-state index in [-0.39, 0.29) is 5.91 Å². The van der Waals surface area contributed by atoms with E-state index in [9.17, 15) is 4.79 Å². The van der Waals surface area contributed by atoms with Crippen LogP contribution in [0.5, 0.6) is 0 Å². The zero-order valence-corrected chi connectivity index (χ0v) is 20.2. The third-order valence-electron chi connectivity index (χ3n) is 6.50. The zero-order valence-electron chi connectivity index (χ0n) is 20.2. The fourth-order valence-electron chi connectivity index (χ4n) is 4.56. The SMILES string of the molecule is C=CC(=O)Nc1ccnc(-c2cccc3cnc(NC4=CCC(OC)(N5CCNCC5)C=C4)nc23)c1. The molecule has 1 aliphatic carbocycles. The molecule has 9 heteroatoms. The number of hydrogen-bond acceptors (Lipinski definition) is 8. The van der Waals surface area contributed by atoms with Gasteiger partial charge in [-0.1, -0.05) is 30.9 Å². The topological polar surface area (TPSA) is 104 Å². The maximum Gasteiger partial charge on any atom is 0.247 e. The normalized spacial score (nSPS) is 20.1. The Morgan fingerprint density at radius 1 is 1.25 bits per heavy atom. The number of nitrogens with one attached hydrogen (secondary N) is 3. The van der Waals surface area contributed by atoms with E-state index in [0.717, 1.165) is 54.8 Å². The second-order valence-corrected chi connectivity index (χ2v) is 8.67. The number of methoxy groups -OCH3 is 1. The highest BCUT2D eigenvalue weighted by Crippen LogP contribution is 2.30. The number of pyridine rings is 1. The monoisotopic (exact) mass is 483 g/mol. The average Bonchev–Trinajstić information content (AvgIpc) is 2.94. The molecule has 1 saturated heterocycles. The molecule has 2 aliphatic rings. The molecule has 1 amide bonds. The predicted octanol–water partition coefficient (Wildman–Crippen LogP) is 3.32. The summed E-state index contributed by atoms with van der Waals surface area (Å²) in [6.45, 7) is 7.30. The lowest BCUT2D eigenvalue weighted by molar-refractivity contribution is -0.111. The fourth-order valence-corrected chi connectivity index (χ4v) is 4.56. The number of benzene rings is 1. The van der Waals surface area contributed by atoms with Gasteiger partial charge in [-0.3, -0.25) is 14.7 Å². The third kappa shape index (κ3) is 4.90. The Hall–Kier alpha value is -3.92. The number of aromatic nitrogens is 3. The minimum atomic E-state index is -0.428. The van der Waals surface area contributed by atoms with Crippen molar-refractivity contribution in [2.24, 2.45) is 0 Å². The molecule has 9 nitrogen and oxygen atoms in total. The standard InChI is InChI=1S/C27H29N7O2/c1-3-24(35)31-21-9-12-29-23(17-21)22-6-4-5-19-18-30-26(33-25(19)22)32-20-7-10-27(36-2,11-8-20)34-15-13-28-14-16-34/h3-10,12,17-18,28H,1,11,13-16H2,2H3,(H,29,31,35)(H,30,32,33). The molecule has 1 atom stereocenters. The summed E-state index contributed by atoms with van der Waals surface area (Å²) >= 11 is 0. The highest BCUT2D eigenvalue weighted by atomic mass is 16.5. The lowest BCUT2D eigenvalue weighted by Crippen LogP contribution is -2.56. The molecule has 1 aliphatic heterocycles. The molecule has 0 spiro atoms. The molecule has 0 saturated carbocycles. The summed E-state index contributed by atoms with van der Waals surface area (Å²) in [5, 5.41) is 10.4. The highest BCUT2D eigenvalue weighted by Gasteiger charge is 2.35. The van der Waals surface area contributed by atoms with Crippen LogP contribution in [-0.4, -0.2) is 64.8 Å². The number of carbonyl (C=O) groups is 1. The minimum Gasteiger partial charge on any atom is -0.360 e. The van der Waals surface area contributed by atoms with E-state index in [1.54, 1.807) is 25.6 Å². The zero-order chi connectivity index (χ0) is 25.0. The van der Waals surface area contributed by atoms with Crippen molar-refractivity contribution in [1.82, 2.24) is 25.2 Å². The van der Waals surface area contributed by atoms with Crippen LogP contribution in [0, 0.1) is 0 Å². The van der Waals surface area contributed by atoms with Crippen molar-refractivity contribution in [3.05, 3.63) is 79.3 Å². The summed E-state index contributed by atoms with van der Waals surface area (Å²) in [5.74, 6) is 0.219. The number of piperazine rings is 1. The number of hydrogen-bond donors (Lipinski definition) is 3. The molecular weight excluding hydrogens is 454 g/mol. The number of nitrogens with zero attached hydrogens (tertiary/aromatic N) is 4. The van der Waals surface area contributed by atoms with Gasteiger partial charge in [-0.15, -0.1) is 0 Å². The molecule has 2 aromatic heterocycles. The number of para-hydroxylation sites is 1. The first-order valence-electron chi connectivity index (χ1n) is 11.9. The number of carbonyl (C=O) groups excluding carboxylic acids is 1. The first kappa shape index (κ1) is 23.8. The summed E-state index contributed by atoms with van der Waals surface area (Å²) in [5.41, 5.74) is 3.44. The van der Waals surface area contributed by atoms with Crippen molar-refractivity contribution in [3.63, 3.8) is 0 Å². The van der Waals surface area contributed by atoms with Gasteiger partial charge < -0.3 is 20.7 Å². The summed E-state index contributed by atoms with van der Waals surface area (Å²) in [7, 11) is 1.76. The molecule has 1 aromatic carbocycles. The Kier molecular flexibility index (Phi) is 6.86. The molecule has 3 aromatic rings. The average molecular weight is 484 g/mol. The van der Waals surface area contributed by atoms with Gasteiger partial charge >= 0.3 is 0 Å². The second-order valence-electron chi connectivity index (χ2n) is 8.67. The van der Waals surface area contributed by atoms with E-state index >= 15 is 0 Å². The summed E-state index contributed by atoms with van der Waals surface area (Å²) in [6.07, 6.45) is 11.7. The predicted molar refractivity (Wildman–Crippen MR) is 141 cm³/mol. The Morgan fingerprint density at radius 3 is 2.86 bits per heavy atom. The number of rotatable bonds is 7. The minimum absolute atomic E-state index is 0.276. The Bertz CT molecular complexity index is 1350. The van der Waals surface area contributed by atoms with E-state index in [2.05, 4.69) is 49.5 Å². The Balaban J connectivity index is 1.39. The maximum absolute atomic E-state index is 11.7. The van der Waals surface area contributed by atoms with Gasteiger partial charge in [0.05, 0.1) is 11.2 Å². The van der Waals surface area contributed by atoms with Gasteiger partial charge in [0.1, 0.15) is 5.72 Å². The van der Waals surface area contributed by atoms with Crippen molar-refractivity contribution in [2.75, 3.05) is 43.9 Å².